The third-order valence-corrected chi connectivity index (χ3v) is 3.84. The average Bonchev–Trinajstić information content (AvgIpc) is 2.59. The molecule has 0 fully saturated rings. The molecule has 0 saturated heterocycles. The fourth-order valence-electron chi connectivity index (χ4n) is 2.10. The van der Waals surface area contributed by atoms with Gasteiger partial charge in [-0.15, -0.1) is 0 Å². The standard InChI is InChI=1S/C19H15Cl2NO4/c1-12-8-16(20)18(17(21)9-12)26-7-6-25-15-4-2-13(3-5-15)10-14(11-22)19(23)24/h2-5,8-10H,6-7H2,1H3,(H,23,24). The summed E-state index contributed by atoms with van der Waals surface area (Å²) in [6.07, 6.45) is 1.29. The summed E-state index contributed by atoms with van der Waals surface area (Å²) in [7, 11) is 0. The Morgan fingerprint density at radius 3 is 2.27 bits per heavy atom. The summed E-state index contributed by atoms with van der Waals surface area (Å²) in [5.41, 5.74) is 1.20. The fourth-order valence-corrected chi connectivity index (χ4v) is 2.80. The molecule has 0 aromatic heterocycles. The normalized spacial score (nSPS) is 10.9. The van der Waals surface area contributed by atoms with Gasteiger partial charge in [0.1, 0.15) is 30.6 Å². The summed E-state index contributed by atoms with van der Waals surface area (Å²) < 4.78 is 11.1. The Hall–Kier alpha value is -2.68. The van der Waals surface area contributed by atoms with Gasteiger partial charge in [0.2, 0.25) is 0 Å². The molecule has 134 valence electrons. The van der Waals surface area contributed by atoms with Gasteiger partial charge in [-0.2, -0.15) is 5.26 Å². The third-order valence-electron chi connectivity index (χ3n) is 3.28. The number of halogens is 2. The van der Waals surface area contributed by atoms with Crippen LogP contribution in [-0.4, -0.2) is 24.3 Å². The second-order valence-electron chi connectivity index (χ2n) is 5.30. The molecule has 7 heteroatoms. The van der Waals surface area contributed by atoms with E-state index in [1.807, 2.05) is 6.92 Å². The summed E-state index contributed by atoms with van der Waals surface area (Å²) >= 11 is 12.2. The van der Waals surface area contributed by atoms with Gasteiger partial charge in [-0.05, 0) is 48.4 Å². The average molecular weight is 392 g/mol. The maximum atomic E-state index is 10.8. The zero-order chi connectivity index (χ0) is 19.1. The number of aryl methyl sites for hydroxylation is 1. The molecule has 0 aliphatic carbocycles. The number of benzene rings is 2. The highest BCUT2D eigenvalue weighted by atomic mass is 35.5. The van der Waals surface area contributed by atoms with Crippen molar-refractivity contribution in [2.45, 2.75) is 6.92 Å². The molecule has 0 amide bonds. The Labute approximate surface area is 161 Å². The lowest BCUT2D eigenvalue weighted by Gasteiger charge is -2.11. The van der Waals surface area contributed by atoms with Crippen molar-refractivity contribution in [1.82, 2.24) is 0 Å². The first-order valence-electron chi connectivity index (χ1n) is 7.57. The number of ether oxygens (including phenoxy) is 2. The Kier molecular flexibility index (Phi) is 6.90. The fraction of sp³-hybridized carbons (Fsp3) is 0.158. The Morgan fingerprint density at radius 2 is 1.73 bits per heavy atom. The minimum absolute atomic E-state index is 0.252. The second kappa shape index (κ2) is 9.14. The first-order valence-corrected chi connectivity index (χ1v) is 8.32. The maximum Gasteiger partial charge on any atom is 0.346 e. The van der Waals surface area contributed by atoms with Crippen molar-refractivity contribution >= 4 is 35.2 Å². The molecule has 5 nitrogen and oxygen atoms in total. The van der Waals surface area contributed by atoms with E-state index in [-0.39, 0.29) is 18.8 Å². The number of carbonyl (C=O) groups is 1. The summed E-state index contributed by atoms with van der Waals surface area (Å²) in [4.78, 5) is 10.8. The Morgan fingerprint density at radius 1 is 1.15 bits per heavy atom. The van der Waals surface area contributed by atoms with Gasteiger partial charge in [0.05, 0.1) is 10.0 Å². The van der Waals surface area contributed by atoms with E-state index < -0.39 is 5.97 Å². The first kappa shape index (κ1) is 19.6. The lowest BCUT2D eigenvalue weighted by Crippen LogP contribution is -2.09. The molecule has 0 aliphatic rings. The van der Waals surface area contributed by atoms with Crippen LogP contribution in [0.3, 0.4) is 0 Å². The lowest BCUT2D eigenvalue weighted by molar-refractivity contribution is -0.132. The van der Waals surface area contributed by atoms with Gasteiger partial charge in [0.25, 0.3) is 0 Å². The van der Waals surface area contributed by atoms with E-state index in [9.17, 15) is 4.79 Å². The maximum absolute atomic E-state index is 10.8. The minimum Gasteiger partial charge on any atom is -0.490 e. The lowest BCUT2D eigenvalue weighted by atomic mass is 10.1. The molecule has 0 spiro atoms. The van der Waals surface area contributed by atoms with Crippen LogP contribution in [0.15, 0.2) is 42.0 Å². The first-order chi connectivity index (χ1) is 12.4. The summed E-state index contributed by atoms with van der Waals surface area (Å²) in [5, 5.41) is 18.5. The second-order valence-corrected chi connectivity index (χ2v) is 6.11. The zero-order valence-corrected chi connectivity index (χ0v) is 15.3. The van der Waals surface area contributed by atoms with Crippen LogP contribution >= 0.6 is 23.2 Å². The van der Waals surface area contributed by atoms with E-state index in [2.05, 4.69) is 0 Å². The van der Waals surface area contributed by atoms with Crippen LogP contribution in [0.4, 0.5) is 0 Å². The highest BCUT2D eigenvalue weighted by molar-refractivity contribution is 6.37. The molecular formula is C19H15Cl2NO4. The molecule has 0 atom stereocenters. The summed E-state index contributed by atoms with van der Waals surface area (Å²) in [6, 6.07) is 11.8. The number of hydrogen-bond donors (Lipinski definition) is 1. The number of nitrogens with zero attached hydrogens (tertiary/aromatic N) is 1. The van der Waals surface area contributed by atoms with Gasteiger partial charge in [-0.25, -0.2) is 4.79 Å². The van der Waals surface area contributed by atoms with Gasteiger partial charge < -0.3 is 14.6 Å². The van der Waals surface area contributed by atoms with Crippen molar-refractivity contribution in [1.29, 1.82) is 5.26 Å². The smallest absolute Gasteiger partial charge is 0.346 e. The van der Waals surface area contributed by atoms with Gasteiger partial charge in [0, 0.05) is 0 Å². The number of hydrogen-bond acceptors (Lipinski definition) is 4. The number of rotatable bonds is 7. The van der Waals surface area contributed by atoms with Crippen molar-refractivity contribution in [3.8, 4) is 17.6 Å². The Bertz CT molecular complexity index is 847. The van der Waals surface area contributed by atoms with E-state index >= 15 is 0 Å². The molecule has 0 unspecified atom stereocenters. The van der Waals surface area contributed by atoms with Gasteiger partial charge in [-0.1, -0.05) is 35.3 Å². The molecule has 0 aliphatic heterocycles. The largest absolute Gasteiger partial charge is 0.490 e. The molecule has 0 radical (unpaired) electrons. The van der Waals surface area contributed by atoms with Crippen LogP contribution in [-0.2, 0) is 4.79 Å². The van der Waals surface area contributed by atoms with Crippen molar-refractivity contribution in [2.75, 3.05) is 13.2 Å². The molecule has 0 heterocycles. The van der Waals surface area contributed by atoms with E-state index in [1.165, 1.54) is 6.08 Å². The van der Waals surface area contributed by atoms with Gasteiger partial charge >= 0.3 is 5.97 Å². The van der Waals surface area contributed by atoms with E-state index in [0.29, 0.717) is 27.1 Å². The van der Waals surface area contributed by atoms with Crippen molar-refractivity contribution in [3.05, 3.63) is 63.1 Å². The van der Waals surface area contributed by atoms with E-state index in [4.69, 9.17) is 43.0 Å². The molecule has 2 rings (SSSR count). The molecule has 2 aromatic rings. The minimum atomic E-state index is -1.27. The van der Waals surface area contributed by atoms with E-state index in [1.54, 1.807) is 42.5 Å². The van der Waals surface area contributed by atoms with Crippen molar-refractivity contribution < 1.29 is 19.4 Å². The highest BCUT2D eigenvalue weighted by Crippen LogP contribution is 2.33. The number of aliphatic carboxylic acids is 1. The summed E-state index contributed by atoms with van der Waals surface area (Å²) in [5.74, 6) is -0.264. The third kappa shape index (κ3) is 5.41. The SMILES string of the molecule is Cc1cc(Cl)c(OCCOc2ccc(C=C(C#N)C(=O)O)cc2)c(Cl)c1. The zero-order valence-electron chi connectivity index (χ0n) is 13.8. The van der Waals surface area contributed by atoms with Crippen LogP contribution < -0.4 is 9.47 Å². The van der Waals surface area contributed by atoms with Crippen molar-refractivity contribution in [2.24, 2.45) is 0 Å². The number of carboxylic acid groups (broad SMARTS) is 1. The molecular weight excluding hydrogens is 377 g/mol. The summed E-state index contributed by atoms with van der Waals surface area (Å²) in [6.45, 7) is 2.41. The van der Waals surface area contributed by atoms with Crippen LogP contribution in [0.2, 0.25) is 10.0 Å². The molecule has 0 saturated carbocycles. The topological polar surface area (TPSA) is 79.5 Å². The van der Waals surface area contributed by atoms with Gasteiger partial charge in [0.15, 0.2) is 5.75 Å². The van der Waals surface area contributed by atoms with Crippen molar-refractivity contribution in [3.63, 3.8) is 0 Å². The van der Waals surface area contributed by atoms with Gasteiger partial charge in [-0.3, -0.25) is 0 Å². The molecule has 2 aromatic carbocycles. The van der Waals surface area contributed by atoms with Crippen LogP contribution in [0.5, 0.6) is 11.5 Å². The van der Waals surface area contributed by atoms with Crippen LogP contribution in [0.25, 0.3) is 6.08 Å². The molecule has 0 bridgehead atoms. The highest BCUT2D eigenvalue weighted by Gasteiger charge is 2.08. The quantitative estimate of drug-likeness (QED) is 0.418. The number of nitriles is 1. The molecule has 26 heavy (non-hydrogen) atoms. The van der Waals surface area contributed by atoms with Crippen LogP contribution in [0, 0.1) is 18.3 Å². The Balaban J connectivity index is 1.89. The predicted octanol–water partition coefficient (Wildman–Crippen LogP) is 4.75. The molecule has 1 N–H and O–H groups in total. The van der Waals surface area contributed by atoms with E-state index in [0.717, 1.165) is 5.56 Å². The predicted molar refractivity (Wildman–Crippen MR) is 99.9 cm³/mol. The monoisotopic (exact) mass is 391 g/mol. The van der Waals surface area contributed by atoms with Crippen LogP contribution in [0.1, 0.15) is 11.1 Å². The number of carboxylic acids is 1.